The first-order valence-corrected chi connectivity index (χ1v) is 10.3. The van der Waals surface area contributed by atoms with E-state index in [1.165, 1.54) is 4.90 Å². The van der Waals surface area contributed by atoms with E-state index in [0.29, 0.717) is 12.8 Å². The molecule has 2 heterocycles. The Bertz CT molecular complexity index is 1010. The number of nitrogens with one attached hydrogen (secondary N) is 3. The first kappa shape index (κ1) is 23.2. The Morgan fingerprint density at radius 1 is 1.25 bits per heavy atom. The molecule has 172 valence electrons. The van der Waals surface area contributed by atoms with E-state index in [0.717, 1.165) is 16.5 Å². The quantitative estimate of drug-likeness (QED) is 0.278. The second-order valence-corrected chi connectivity index (χ2v) is 7.72. The van der Waals surface area contributed by atoms with E-state index >= 15 is 0 Å². The molecule has 3 atom stereocenters. The molecule has 3 rings (SSSR count). The van der Waals surface area contributed by atoms with Crippen LogP contribution < -0.4 is 16.4 Å². The number of aromatic amines is 1. The number of benzene rings is 1. The Morgan fingerprint density at radius 2 is 2.00 bits per heavy atom. The van der Waals surface area contributed by atoms with E-state index in [1.54, 1.807) is 6.20 Å². The Morgan fingerprint density at radius 3 is 2.72 bits per heavy atom. The number of aliphatic carboxylic acids is 1. The van der Waals surface area contributed by atoms with Gasteiger partial charge in [0, 0.05) is 23.6 Å². The molecule has 0 aliphatic carbocycles. The van der Waals surface area contributed by atoms with Crippen LogP contribution in [0.2, 0.25) is 0 Å². The SMILES string of the molecule is NC(Cc1c[nH]c2ccccc12)C(=O)NC(CO)C(=O)N1CCCC1C(=O)NCC(=O)O. The largest absolute Gasteiger partial charge is 0.480 e. The van der Waals surface area contributed by atoms with Gasteiger partial charge in [-0.15, -0.1) is 0 Å². The topological polar surface area (TPSA) is 178 Å². The zero-order valence-electron chi connectivity index (χ0n) is 17.4. The summed E-state index contributed by atoms with van der Waals surface area (Å²) < 4.78 is 0. The van der Waals surface area contributed by atoms with Crippen LogP contribution >= 0.6 is 0 Å². The van der Waals surface area contributed by atoms with Gasteiger partial charge in [0.05, 0.1) is 12.6 Å². The first-order valence-electron chi connectivity index (χ1n) is 10.3. The van der Waals surface area contributed by atoms with Crippen LogP contribution in [0.5, 0.6) is 0 Å². The third-order valence-electron chi connectivity index (χ3n) is 5.50. The molecule has 1 aromatic carbocycles. The fraction of sp³-hybridized carbons (Fsp3) is 0.429. The highest BCUT2D eigenvalue weighted by molar-refractivity contribution is 5.94. The number of nitrogens with zero attached hydrogens (tertiary/aromatic N) is 1. The third kappa shape index (κ3) is 5.24. The van der Waals surface area contributed by atoms with Crippen LogP contribution in [0.15, 0.2) is 30.5 Å². The number of H-pyrrole nitrogens is 1. The van der Waals surface area contributed by atoms with Crippen LogP contribution in [0.1, 0.15) is 18.4 Å². The summed E-state index contributed by atoms with van der Waals surface area (Å²) in [5.74, 6) is -3.00. The van der Waals surface area contributed by atoms with Crippen molar-refractivity contribution < 1.29 is 29.4 Å². The van der Waals surface area contributed by atoms with Crippen LogP contribution in [-0.2, 0) is 25.6 Å². The van der Waals surface area contributed by atoms with E-state index in [2.05, 4.69) is 15.6 Å². The van der Waals surface area contributed by atoms with Crippen molar-refractivity contribution in [3.8, 4) is 0 Å². The number of rotatable bonds is 9. The molecule has 11 heteroatoms. The molecule has 0 radical (unpaired) electrons. The minimum absolute atomic E-state index is 0.228. The number of aliphatic hydroxyl groups is 1. The number of aliphatic hydroxyl groups excluding tert-OH is 1. The number of hydrogen-bond donors (Lipinski definition) is 6. The van der Waals surface area contributed by atoms with Crippen LogP contribution in [0.4, 0.5) is 0 Å². The summed E-state index contributed by atoms with van der Waals surface area (Å²) in [6.07, 6.45) is 2.91. The Kier molecular flexibility index (Phi) is 7.44. The predicted molar refractivity (Wildman–Crippen MR) is 114 cm³/mol. The Labute approximate surface area is 183 Å². The lowest BCUT2D eigenvalue weighted by molar-refractivity contribution is -0.143. The second-order valence-electron chi connectivity index (χ2n) is 7.72. The summed E-state index contributed by atoms with van der Waals surface area (Å²) in [7, 11) is 0. The molecule has 1 aliphatic heterocycles. The van der Waals surface area contributed by atoms with E-state index < -0.39 is 55.0 Å². The summed E-state index contributed by atoms with van der Waals surface area (Å²) in [4.78, 5) is 52.8. The number of carboxylic acids is 1. The number of likely N-dealkylation sites (tertiary alicyclic amines) is 1. The van der Waals surface area contributed by atoms with Crippen LogP contribution in [-0.4, -0.2) is 81.6 Å². The monoisotopic (exact) mass is 445 g/mol. The molecule has 1 saturated heterocycles. The summed E-state index contributed by atoms with van der Waals surface area (Å²) in [5.41, 5.74) is 7.82. The molecule has 1 aromatic heterocycles. The highest BCUT2D eigenvalue weighted by atomic mass is 16.4. The highest BCUT2D eigenvalue weighted by Crippen LogP contribution is 2.20. The molecule has 3 unspecified atom stereocenters. The molecule has 0 bridgehead atoms. The van der Waals surface area contributed by atoms with Gasteiger partial charge in [0.2, 0.25) is 17.7 Å². The molecule has 1 fully saturated rings. The van der Waals surface area contributed by atoms with Crippen LogP contribution in [0.25, 0.3) is 10.9 Å². The van der Waals surface area contributed by atoms with E-state index in [-0.39, 0.29) is 13.0 Å². The maximum absolute atomic E-state index is 12.9. The molecule has 7 N–H and O–H groups in total. The third-order valence-corrected chi connectivity index (χ3v) is 5.50. The van der Waals surface area contributed by atoms with Crippen LogP contribution in [0.3, 0.4) is 0 Å². The molecular weight excluding hydrogens is 418 g/mol. The standard InChI is InChI=1S/C21H27N5O6/c22-14(8-12-9-23-15-5-2-1-4-13(12)15)19(30)25-16(11-27)21(32)26-7-3-6-17(26)20(31)24-10-18(28)29/h1-2,4-5,9,14,16-17,23,27H,3,6-8,10-11,22H2,(H,24,31)(H,25,30)(H,28,29). The molecule has 3 amide bonds. The zero-order chi connectivity index (χ0) is 23.3. The lowest BCUT2D eigenvalue weighted by atomic mass is 10.0. The van der Waals surface area contributed by atoms with Crippen molar-refractivity contribution in [2.45, 2.75) is 37.4 Å². The van der Waals surface area contributed by atoms with Gasteiger partial charge >= 0.3 is 5.97 Å². The Hall–Kier alpha value is -3.44. The molecule has 32 heavy (non-hydrogen) atoms. The fourth-order valence-electron chi connectivity index (χ4n) is 3.88. The number of para-hydroxylation sites is 1. The van der Waals surface area contributed by atoms with Crippen molar-refractivity contribution in [1.82, 2.24) is 20.5 Å². The van der Waals surface area contributed by atoms with Gasteiger partial charge in [0.25, 0.3) is 0 Å². The minimum Gasteiger partial charge on any atom is -0.480 e. The summed E-state index contributed by atoms with van der Waals surface area (Å²) in [5, 5.41) is 24.1. The number of carbonyl (C=O) groups is 4. The first-order chi connectivity index (χ1) is 15.3. The van der Waals surface area contributed by atoms with Gasteiger partial charge in [-0.3, -0.25) is 19.2 Å². The smallest absolute Gasteiger partial charge is 0.322 e. The molecule has 0 saturated carbocycles. The minimum atomic E-state index is -1.26. The van der Waals surface area contributed by atoms with Gasteiger partial charge in [-0.25, -0.2) is 0 Å². The maximum Gasteiger partial charge on any atom is 0.322 e. The summed E-state index contributed by atoms with van der Waals surface area (Å²) >= 11 is 0. The van der Waals surface area contributed by atoms with Gasteiger partial charge in [-0.2, -0.15) is 0 Å². The summed E-state index contributed by atoms with van der Waals surface area (Å²) in [6, 6.07) is 4.52. The van der Waals surface area contributed by atoms with Crippen molar-refractivity contribution >= 4 is 34.6 Å². The van der Waals surface area contributed by atoms with Crippen molar-refractivity contribution in [2.24, 2.45) is 5.73 Å². The summed E-state index contributed by atoms with van der Waals surface area (Å²) in [6.45, 7) is -0.956. The predicted octanol–water partition coefficient (Wildman–Crippen LogP) is -1.29. The molecular formula is C21H27N5O6. The van der Waals surface area contributed by atoms with E-state index in [9.17, 15) is 24.3 Å². The molecule has 1 aliphatic rings. The molecule has 0 spiro atoms. The van der Waals surface area contributed by atoms with E-state index in [1.807, 2.05) is 24.3 Å². The number of nitrogens with two attached hydrogens (primary N) is 1. The molecule has 11 nitrogen and oxygen atoms in total. The molecule has 2 aromatic rings. The van der Waals surface area contributed by atoms with Gasteiger partial charge in [-0.1, -0.05) is 18.2 Å². The van der Waals surface area contributed by atoms with Crippen molar-refractivity contribution in [3.63, 3.8) is 0 Å². The van der Waals surface area contributed by atoms with Gasteiger partial charge < -0.3 is 36.5 Å². The number of aromatic nitrogens is 1. The van der Waals surface area contributed by atoms with Crippen molar-refractivity contribution in [3.05, 3.63) is 36.0 Å². The zero-order valence-corrected chi connectivity index (χ0v) is 17.4. The normalized spacial score (nSPS) is 17.7. The van der Waals surface area contributed by atoms with Gasteiger partial charge in [-0.05, 0) is 30.9 Å². The lowest BCUT2D eigenvalue weighted by Crippen LogP contribution is -2.57. The van der Waals surface area contributed by atoms with Gasteiger partial charge in [0.1, 0.15) is 18.6 Å². The lowest BCUT2D eigenvalue weighted by Gasteiger charge is -2.28. The second kappa shape index (κ2) is 10.2. The Balaban J connectivity index is 1.61. The number of carbonyl (C=O) groups excluding carboxylic acids is 3. The highest BCUT2D eigenvalue weighted by Gasteiger charge is 2.37. The van der Waals surface area contributed by atoms with Crippen LogP contribution in [0, 0.1) is 0 Å². The van der Waals surface area contributed by atoms with Gasteiger partial charge in [0.15, 0.2) is 0 Å². The number of fused-ring (bicyclic) bond motifs is 1. The average Bonchev–Trinajstić information content (AvgIpc) is 3.43. The fourth-order valence-corrected chi connectivity index (χ4v) is 3.88. The average molecular weight is 445 g/mol. The van der Waals surface area contributed by atoms with E-state index in [4.69, 9.17) is 10.8 Å². The number of carboxylic acid groups (broad SMARTS) is 1. The van der Waals surface area contributed by atoms with Crippen molar-refractivity contribution in [1.29, 1.82) is 0 Å². The maximum atomic E-state index is 12.9. The number of amides is 3. The number of hydrogen-bond acceptors (Lipinski definition) is 6. The van der Waals surface area contributed by atoms with Crippen molar-refractivity contribution in [2.75, 3.05) is 19.7 Å².